The second-order valence-electron chi connectivity index (χ2n) is 4.71. The Kier molecular flexibility index (Phi) is 4.34. The van der Waals surface area contributed by atoms with Crippen LogP contribution in [0, 0.1) is 0 Å². The molecule has 0 saturated carbocycles. The van der Waals surface area contributed by atoms with Gasteiger partial charge in [0, 0.05) is 31.2 Å². The number of fused-ring (bicyclic) bond motifs is 1. The lowest BCUT2D eigenvalue weighted by Crippen LogP contribution is -2.40. The lowest BCUT2D eigenvalue weighted by atomic mass is 10.1. The van der Waals surface area contributed by atoms with Gasteiger partial charge in [-0.15, -0.1) is 0 Å². The Bertz CT molecular complexity index is 570. The topological polar surface area (TPSA) is 49.3 Å². The highest BCUT2D eigenvalue weighted by Crippen LogP contribution is 2.15. The number of nitrogens with one attached hydrogen (secondary N) is 2. The van der Waals surface area contributed by atoms with Crippen LogP contribution in [-0.4, -0.2) is 24.0 Å². The molecule has 4 heteroatoms. The molecule has 0 aliphatic carbocycles. The third-order valence-electron chi connectivity index (χ3n) is 2.83. The first-order valence-electron chi connectivity index (χ1n) is 6.50. The summed E-state index contributed by atoms with van der Waals surface area (Å²) in [5.41, 5.74) is 2.24. The highest BCUT2D eigenvalue weighted by Gasteiger charge is 2.03. The van der Waals surface area contributed by atoms with Crippen molar-refractivity contribution in [2.45, 2.75) is 26.4 Å². The first-order valence-corrected chi connectivity index (χ1v) is 6.50. The van der Waals surface area contributed by atoms with Crippen LogP contribution < -0.4 is 10.6 Å². The molecule has 100 valence electrons. The van der Waals surface area contributed by atoms with Crippen molar-refractivity contribution in [1.82, 2.24) is 15.6 Å². The van der Waals surface area contributed by atoms with Gasteiger partial charge in [-0.2, -0.15) is 0 Å². The Morgan fingerprint density at radius 3 is 2.79 bits per heavy atom. The van der Waals surface area contributed by atoms with Crippen molar-refractivity contribution in [2.75, 3.05) is 7.05 Å². The summed E-state index contributed by atoms with van der Waals surface area (Å²) in [4.78, 5) is 8.57. The van der Waals surface area contributed by atoms with Crippen molar-refractivity contribution in [2.24, 2.45) is 4.99 Å². The number of hydrogen-bond acceptors (Lipinski definition) is 2. The maximum atomic E-state index is 4.36. The summed E-state index contributed by atoms with van der Waals surface area (Å²) in [5.74, 6) is 0.816. The predicted molar refractivity (Wildman–Crippen MR) is 80.2 cm³/mol. The molecule has 19 heavy (non-hydrogen) atoms. The number of guanidine groups is 1. The van der Waals surface area contributed by atoms with Crippen LogP contribution in [0.4, 0.5) is 0 Å². The van der Waals surface area contributed by atoms with Crippen LogP contribution in [0.3, 0.4) is 0 Å². The molecule has 1 aromatic heterocycles. The summed E-state index contributed by atoms with van der Waals surface area (Å²) >= 11 is 0. The molecule has 2 aromatic rings. The Hall–Kier alpha value is -2.10. The summed E-state index contributed by atoms with van der Waals surface area (Å²) in [6, 6.07) is 10.6. The van der Waals surface area contributed by atoms with E-state index in [2.05, 4.69) is 40.5 Å². The van der Waals surface area contributed by atoms with E-state index in [1.807, 2.05) is 30.5 Å². The zero-order valence-corrected chi connectivity index (χ0v) is 11.6. The van der Waals surface area contributed by atoms with E-state index in [1.54, 1.807) is 7.05 Å². The molecule has 0 aliphatic rings. The number of aromatic nitrogens is 1. The first-order chi connectivity index (χ1) is 9.20. The normalized spacial score (nSPS) is 11.9. The fourth-order valence-electron chi connectivity index (χ4n) is 1.96. The Morgan fingerprint density at radius 1 is 1.26 bits per heavy atom. The summed E-state index contributed by atoms with van der Waals surface area (Å²) in [6.07, 6.45) is 1.85. The molecule has 0 amide bonds. The molecule has 0 atom stereocenters. The fourth-order valence-corrected chi connectivity index (χ4v) is 1.96. The smallest absolute Gasteiger partial charge is 0.191 e. The van der Waals surface area contributed by atoms with Gasteiger partial charge in [0.25, 0.3) is 0 Å². The minimum Gasteiger partial charge on any atom is -0.354 e. The van der Waals surface area contributed by atoms with Crippen molar-refractivity contribution in [1.29, 1.82) is 0 Å². The molecule has 0 bridgehead atoms. The molecular weight excluding hydrogens is 236 g/mol. The number of hydrogen-bond donors (Lipinski definition) is 2. The molecule has 0 fully saturated rings. The molecule has 0 unspecified atom stereocenters. The largest absolute Gasteiger partial charge is 0.354 e. The average molecular weight is 256 g/mol. The lowest BCUT2D eigenvalue weighted by Gasteiger charge is -2.15. The predicted octanol–water partition coefficient (Wildman–Crippen LogP) is 2.31. The summed E-state index contributed by atoms with van der Waals surface area (Å²) in [5, 5.41) is 7.77. The van der Waals surface area contributed by atoms with Gasteiger partial charge in [-0.1, -0.05) is 18.2 Å². The Morgan fingerprint density at radius 2 is 2.05 bits per heavy atom. The number of benzene rings is 1. The average Bonchev–Trinajstić information content (AvgIpc) is 2.43. The second-order valence-corrected chi connectivity index (χ2v) is 4.71. The van der Waals surface area contributed by atoms with Crippen LogP contribution in [0.1, 0.15) is 19.4 Å². The highest BCUT2D eigenvalue weighted by atomic mass is 15.2. The van der Waals surface area contributed by atoms with E-state index in [1.165, 1.54) is 10.9 Å². The maximum Gasteiger partial charge on any atom is 0.191 e. The van der Waals surface area contributed by atoms with Gasteiger partial charge in [0.15, 0.2) is 5.96 Å². The van der Waals surface area contributed by atoms with Crippen molar-refractivity contribution >= 4 is 16.9 Å². The first kappa shape index (κ1) is 13.3. The quantitative estimate of drug-likeness (QED) is 0.654. The third-order valence-corrected chi connectivity index (χ3v) is 2.83. The molecule has 0 spiro atoms. The number of para-hydroxylation sites is 1. The van der Waals surface area contributed by atoms with E-state index in [4.69, 9.17) is 0 Å². The molecule has 2 rings (SSSR count). The van der Waals surface area contributed by atoms with Crippen molar-refractivity contribution in [3.05, 3.63) is 42.1 Å². The van der Waals surface area contributed by atoms with Crippen LogP contribution in [-0.2, 0) is 6.54 Å². The number of nitrogens with zero attached hydrogens (tertiary/aromatic N) is 2. The minimum absolute atomic E-state index is 0.361. The summed E-state index contributed by atoms with van der Waals surface area (Å²) in [6.45, 7) is 4.92. The lowest BCUT2D eigenvalue weighted by molar-refractivity contribution is 0.700. The van der Waals surface area contributed by atoms with Crippen molar-refractivity contribution in [3.8, 4) is 0 Å². The van der Waals surface area contributed by atoms with Crippen LogP contribution in [0.2, 0.25) is 0 Å². The standard InChI is InChI=1S/C15H20N4/c1-11(2)19-15(16-3)18-10-12-8-9-17-14-7-5-4-6-13(12)14/h4-9,11H,10H2,1-3H3,(H2,16,18,19). The second kappa shape index (κ2) is 6.18. The monoisotopic (exact) mass is 256 g/mol. The van der Waals surface area contributed by atoms with Crippen LogP contribution in [0.5, 0.6) is 0 Å². The third kappa shape index (κ3) is 3.44. The van der Waals surface area contributed by atoms with Gasteiger partial charge in [0.1, 0.15) is 0 Å². The van der Waals surface area contributed by atoms with E-state index in [-0.39, 0.29) is 0 Å². The van der Waals surface area contributed by atoms with E-state index in [0.29, 0.717) is 6.04 Å². The Labute approximate surface area is 114 Å². The molecule has 1 heterocycles. The van der Waals surface area contributed by atoms with Gasteiger partial charge >= 0.3 is 0 Å². The van der Waals surface area contributed by atoms with Crippen LogP contribution in [0.15, 0.2) is 41.5 Å². The number of aliphatic imine (C=N–C) groups is 1. The van der Waals surface area contributed by atoms with Crippen LogP contribution >= 0.6 is 0 Å². The van der Waals surface area contributed by atoms with E-state index >= 15 is 0 Å². The van der Waals surface area contributed by atoms with E-state index in [0.717, 1.165) is 18.0 Å². The molecular formula is C15H20N4. The maximum absolute atomic E-state index is 4.36. The van der Waals surface area contributed by atoms with Gasteiger partial charge in [0.2, 0.25) is 0 Å². The molecule has 2 N–H and O–H groups in total. The SMILES string of the molecule is CN=C(NCc1ccnc2ccccc12)NC(C)C. The summed E-state index contributed by atoms with van der Waals surface area (Å²) < 4.78 is 0. The van der Waals surface area contributed by atoms with Gasteiger partial charge in [-0.05, 0) is 31.5 Å². The van der Waals surface area contributed by atoms with Crippen molar-refractivity contribution < 1.29 is 0 Å². The molecule has 0 saturated heterocycles. The zero-order chi connectivity index (χ0) is 13.7. The molecule has 4 nitrogen and oxygen atoms in total. The van der Waals surface area contributed by atoms with Gasteiger partial charge in [-0.25, -0.2) is 0 Å². The van der Waals surface area contributed by atoms with Crippen molar-refractivity contribution in [3.63, 3.8) is 0 Å². The minimum atomic E-state index is 0.361. The Balaban J connectivity index is 2.13. The fraction of sp³-hybridized carbons (Fsp3) is 0.333. The molecule has 1 aromatic carbocycles. The number of pyridine rings is 1. The highest BCUT2D eigenvalue weighted by molar-refractivity contribution is 5.83. The van der Waals surface area contributed by atoms with E-state index < -0.39 is 0 Å². The van der Waals surface area contributed by atoms with E-state index in [9.17, 15) is 0 Å². The van der Waals surface area contributed by atoms with Gasteiger partial charge in [-0.3, -0.25) is 9.98 Å². The summed E-state index contributed by atoms with van der Waals surface area (Å²) in [7, 11) is 1.78. The van der Waals surface area contributed by atoms with Gasteiger partial charge in [0.05, 0.1) is 5.52 Å². The number of rotatable bonds is 3. The zero-order valence-electron chi connectivity index (χ0n) is 11.6. The molecule has 0 aliphatic heterocycles. The van der Waals surface area contributed by atoms with Crippen LogP contribution in [0.25, 0.3) is 10.9 Å². The molecule has 0 radical (unpaired) electrons. The van der Waals surface area contributed by atoms with Gasteiger partial charge < -0.3 is 10.6 Å².